The van der Waals surface area contributed by atoms with Crippen LogP contribution in [0.5, 0.6) is 0 Å². The normalized spacial score (nSPS) is 10.9. The third-order valence-corrected chi connectivity index (χ3v) is 2.84. The summed E-state index contributed by atoms with van der Waals surface area (Å²) in [5, 5.41) is 1.09. The molecule has 0 aliphatic heterocycles. The van der Waals surface area contributed by atoms with Gasteiger partial charge in [-0.05, 0) is 12.3 Å². The van der Waals surface area contributed by atoms with E-state index in [1.807, 2.05) is 11.8 Å². The summed E-state index contributed by atoms with van der Waals surface area (Å²) in [4.78, 5) is 2.47. The molecule has 0 spiro atoms. The second-order valence-corrected chi connectivity index (χ2v) is 4.51. The van der Waals surface area contributed by atoms with Crippen LogP contribution >= 0.6 is 27.7 Å². The van der Waals surface area contributed by atoms with Gasteiger partial charge in [0.25, 0.3) is 0 Å². The molecule has 0 saturated carbocycles. The number of hydrogen-bond donors (Lipinski definition) is 0. The molecule has 0 fully saturated rings. The molecule has 68 valence electrons. The van der Waals surface area contributed by atoms with Crippen molar-refractivity contribution >= 4 is 27.7 Å². The van der Waals surface area contributed by atoms with Crippen LogP contribution in [0.25, 0.3) is 0 Å². The topological polar surface area (TPSA) is 3.24 Å². The molecule has 0 atom stereocenters. The van der Waals surface area contributed by atoms with Crippen LogP contribution in [-0.2, 0) is 0 Å². The Kier molecular flexibility index (Phi) is 9.52. The SMILES string of the molecule is CCSCCN(CC)CCBr. The van der Waals surface area contributed by atoms with Gasteiger partial charge in [0.2, 0.25) is 0 Å². The molecule has 0 unspecified atom stereocenters. The molecule has 0 aliphatic carbocycles. The van der Waals surface area contributed by atoms with Gasteiger partial charge in [0.05, 0.1) is 0 Å². The fourth-order valence-electron chi connectivity index (χ4n) is 0.886. The van der Waals surface area contributed by atoms with Gasteiger partial charge in [-0.1, -0.05) is 29.8 Å². The Hall–Kier alpha value is 0.790. The van der Waals surface area contributed by atoms with E-state index in [2.05, 4.69) is 34.7 Å². The van der Waals surface area contributed by atoms with E-state index in [4.69, 9.17) is 0 Å². The summed E-state index contributed by atoms with van der Waals surface area (Å²) in [6, 6.07) is 0. The second-order valence-electron chi connectivity index (χ2n) is 2.32. The molecule has 11 heavy (non-hydrogen) atoms. The molecule has 0 rings (SSSR count). The molecule has 0 heterocycles. The quantitative estimate of drug-likeness (QED) is 0.496. The van der Waals surface area contributed by atoms with Crippen LogP contribution in [0.4, 0.5) is 0 Å². The number of thioether (sulfide) groups is 1. The third-order valence-electron chi connectivity index (χ3n) is 1.60. The van der Waals surface area contributed by atoms with Crippen molar-refractivity contribution < 1.29 is 0 Å². The van der Waals surface area contributed by atoms with Gasteiger partial charge in [-0.25, -0.2) is 0 Å². The molecule has 0 N–H and O–H groups in total. The van der Waals surface area contributed by atoms with Crippen LogP contribution in [0.15, 0.2) is 0 Å². The van der Waals surface area contributed by atoms with Crippen molar-refractivity contribution in [3.8, 4) is 0 Å². The fourth-order valence-corrected chi connectivity index (χ4v) is 2.06. The monoisotopic (exact) mass is 239 g/mol. The molecule has 0 bridgehead atoms. The number of halogens is 1. The van der Waals surface area contributed by atoms with Crippen molar-refractivity contribution in [2.24, 2.45) is 0 Å². The number of alkyl halides is 1. The highest BCUT2D eigenvalue weighted by Crippen LogP contribution is 2.00. The average Bonchev–Trinajstić information content (AvgIpc) is 2.03. The van der Waals surface area contributed by atoms with Crippen LogP contribution in [0, 0.1) is 0 Å². The number of nitrogens with zero attached hydrogens (tertiary/aromatic N) is 1. The lowest BCUT2D eigenvalue weighted by Crippen LogP contribution is -2.27. The predicted molar refractivity (Wildman–Crippen MR) is 58.9 cm³/mol. The zero-order valence-corrected chi connectivity index (χ0v) is 9.88. The smallest absolute Gasteiger partial charge is 0.0159 e. The van der Waals surface area contributed by atoms with Crippen molar-refractivity contribution in [3.63, 3.8) is 0 Å². The fraction of sp³-hybridized carbons (Fsp3) is 1.00. The Morgan fingerprint density at radius 1 is 1.27 bits per heavy atom. The molecule has 0 aliphatic rings. The van der Waals surface area contributed by atoms with Gasteiger partial charge in [-0.3, -0.25) is 0 Å². The largest absolute Gasteiger partial charge is 0.302 e. The van der Waals surface area contributed by atoms with Crippen molar-refractivity contribution in [1.29, 1.82) is 0 Å². The minimum absolute atomic E-state index is 1.09. The third kappa shape index (κ3) is 7.16. The highest BCUT2D eigenvalue weighted by Gasteiger charge is 1.98. The first-order valence-electron chi connectivity index (χ1n) is 4.21. The van der Waals surface area contributed by atoms with Crippen LogP contribution < -0.4 is 0 Å². The first kappa shape index (κ1) is 11.8. The lowest BCUT2D eigenvalue weighted by Gasteiger charge is -2.18. The van der Waals surface area contributed by atoms with Crippen LogP contribution in [0.1, 0.15) is 13.8 Å². The van der Waals surface area contributed by atoms with E-state index < -0.39 is 0 Å². The average molecular weight is 240 g/mol. The van der Waals surface area contributed by atoms with Crippen molar-refractivity contribution in [2.75, 3.05) is 36.5 Å². The van der Waals surface area contributed by atoms with E-state index in [-0.39, 0.29) is 0 Å². The Labute approximate surface area is 83.0 Å². The van der Waals surface area contributed by atoms with Crippen LogP contribution in [0.2, 0.25) is 0 Å². The number of hydrogen-bond acceptors (Lipinski definition) is 2. The molecule has 0 saturated heterocycles. The van der Waals surface area contributed by atoms with E-state index in [9.17, 15) is 0 Å². The second kappa shape index (κ2) is 8.88. The highest BCUT2D eigenvalue weighted by molar-refractivity contribution is 9.09. The summed E-state index contributed by atoms with van der Waals surface area (Å²) in [6.07, 6.45) is 0. The van der Waals surface area contributed by atoms with Gasteiger partial charge in [0.15, 0.2) is 0 Å². The van der Waals surface area contributed by atoms with Gasteiger partial charge in [0, 0.05) is 24.2 Å². The Bertz CT molecular complexity index is 80.5. The van der Waals surface area contributed by atoms with Gasteiger partial charge in [-0.15, -0.1) is 0 Å². The standard InChI is InChI=1S/C8H18BrNS/c1-3-10(6-5-9)7-8-11-4-2/h3-8H2,1-2H3. The summed E-state index contributed by atoms with van der Waals surface area (Å²) in [5.74, 6) is 2.52. The highest BCUT2D eigenvalue weighted by atomic mass is 79.9. The van der Waals surface area contributed by atoms with Gasteiger partial charge in [0.1, 0.15) is 0 Å². The molecule has 0 amide bonds. The zero-order chi connectivity index (χ0) is 8.53. The lowest BCUT2D eigenvalue weighted by atomic mass is 10.5. The Morgan fingerprint density at radius 3 is 2.45 bits per heavy atom. The minimum Gasteiger partial charge on any atom is -0.302 e. The summed E-state index contributed by atoms with van der Waals surface area (Å²) < 4.78 is 0. The maximum atomic E-state index is 3.45. The molecule has 0 radical (unpaired) electrons. The lowest BCUT2D eigenvalue weighted by molar-refractivity contribution is 0.327. The first-order chi connectivity index (χ1) is 5.35. The predicted octanol–water partition coefficient (Wildman–Crippen LogP) is 2.46. The molecule has 3 heteroatoms. The summed E-state index contributed by atoms with van der Waals surface area (Å²) in [6.45, 7) is 8.03. The maximum Gasteiger partial charge on any atom is 0.0159 e. The minimum atomic E-state index is 1.09. The van der Waals surface area contributed by atoms with Crippen molar-refractivity contribution in [2.45, 2.75) is 13.8 Å². The maximum absolute atomic E-state index is 3.45. The van der Waals surface area contributed by atoms with Crippen LogP contribution in [-0.4, -0.2) is 41.4 Å². The molecule has 0 aromatic carbocycles. The van der Waals surface area contributed by atoms with Crippen molar-refractivity contribution in [3.05, 3.63) is 0 Å². The molecule has 0 aromatic heterocycles. The van der Waals surface area contributed by atoms with Gasteiger partial charge >= 0.3 is 0 Å². The summed E-state index contributed by atoms with van der Waals surface area (Å²) >= 11 is 5.47. The van der Waals surface area contributed by atoms with E-state index in [1.165, 1.54) is 31.1 Å². The van der Waals surface area contributed by atoms with E-state index in [0.717, 1.165) is 5.33 Å². The van der Waals surface area contributed by atoms with E-state index >= 15 is 0 Å². The van der Waals surface area contributed by atoms with Gasteiger partial charge < -0.3 is 4.90 Å². The van der Waals surface area contributed by atoms with E-state index in [1.54, 1.807) is 0 Å². The molecule has 1 nitrogen and oxygen atoms in total. The molecular weight excluding hydrogens is 222 g/mol. The van der Waals surface area contributed by atoms with Crippen molar-refractivity contribution in [1.82, 2.24) is 4.90 Å². The number of rotatable bonds is 7. The van der Waals surface area contributed by atoms with Gasteiger partial charge in [-0.2, -0.15) is 11.8 Å². The first-order valence-corrected chi connectivity index (χ1v) is 6.48. The Balaban J connectivity index is 3.20. The Morgan fingerprint density at radius 2 is 2.00 bits per heavy atom. The van der Waals surface area contributed by atoms with E-state index in [0.29, 0.717) is 0 Å². The summed E-state index contributed by atoms with van der Waals surface area (Å²) in [7, 11) is 0. The molecule has 0 aromatic rings. The zero-order valence-electron chi connectivity index (χ0n) is 7.48. The van der Waals surface area contributed by atoms with Crippen LogP contribution in [0.3, 0.4) is 0 Å². The molecular formula is C8H18BrNS. The summed E-state index contributed by atoms with van der Waals surface area (Å²) in [5.41, 5.74) is 0.